The van der Waals surface area contributed by atoms with Crippen molar-refractivity contribution in [3.8, 4) is 22.8 Å². The van der Waals surface area contributed by atoms with Crippen LogP contribution in [0.4, 0.5) is 10.2 Å². The Kier molecular flexibility index (Phi) is 5.35. The lowest BCUT2D eigenvalue weighted by Crippen LogP contribution is -2.30. The van der Waals surface area contributed by atoms with E-state index in [0.29, 0.717) is 11.4 Å². The molecule has 0 unspecified atom stereocenters. The van der Waals surface area contributed by atoms with E-state index in [0.717, 1.165) is 16.9 Å². The fraction of sp³-hybridized carbons (Fsp3) is 0.211. The molecule has 0 aliphatic rings. The number of ether oxygens (including phenoxy) is 2. The van der Waals surface area contributed by atoms with Crippen LogP contribution in [0.5, 0.6) is 11.5 Å². The van der Waals surface area contributed by atoms with Crippen LogP contribution in [0, 0.1) is 12.7 Å². The molecule has 7 nitrogen and oxygen atoms in total. The largest absolute Gasteiger partial charge is 0.496 e. The van der Waals surface area contributed by atoms with Crippen molar-refractivity contribution in [1.82, 2.24) is 10.3 Å². The van der Waals surface area contributed by atoms with Gasteiger partial charge in [0.2, 0.25) is 5.82 Å². The normalized spacial score (nSPS) is 11.7. The molecule has 1 heterocycles. The molecule has 3 rings (SSSR count). The number of hydrogen-bond acceptors (Lipinski definition) is 6. The zero-order valence-electron chi connectivity index (χ0n) is 15.0. The molecule has 0 saturated heterocycles. The summed E-state index contributed by atoms with van der Waals surface area (Å²) < 4.78 is 28.5. The first-order chi connectivity index (χ1) is 13.0. The molecule has 1 N–H and O–H groups in total. The number of carbonyl (C=O) groups is 1. The number of halogens is 1. The van der Waals surface area contributed by atoms with Gasteiger partial charge in [0.15, 0.2) is 11.8 Å². The second-order valence-electron chi connectivity index (χ2n) is 5.85. The molecule has 0 radical (unpaired) electrons. The number of carbonyl (C=O) groups excluding carboxylic acids is 1. The van der Waals surface area contributed by atoms with Crippen LogP contribution in [0.3, 0.4) is 0 Å². The van der Waals surface area contributed by atoms with Gasteiger partial charge in [-0.15, -0.1) is 0 Å². The molecule has 27 heavy (non-hydrogen) atoms. The van der Waals surface area contributed by atoms with E-state index in [9.17, 15) is 9.18 Å². The molecular weight excluding hydrogens is 353 g/mol. The highest BCUT2D eigenvalue weighted by Crippen LogP contribution is 2.29. The van der Waals surface area contributed by atoms with E-state index in [-0.39, 0.29) is 11.6 Å². The lowest BCUT2D eigenvalue weighted by molar-refractivity contribution is -0.122. The van der Waals surface area contributed by atoms with Crippen molar-refractivity contribution >= 4 is 11.7 Å². The second-order valence-corrected chi connectivity index (χ2v) is 5.85. The molecular formula is C19H18FN3O4. The van der Waals surface area contributed by atoms with E-state index < -0.39 is 12.0 Å². The summed E-state index contributed by atoms with van der Waals surface area (Å²) in [5.74, 6) is 0.471. The monoisotopic (exact) mass is 371 g/mol. The maximum atomic E-state index is 12.9. The van der Waals surface area contributed by atoms with E-state index in [1.807, 2.05) is 13.0 Å². The van der Waals surface area contributed by atoms with Gasteiger partial charge < -0.3 is 14.8 Å². The summed E-state index contributed by atoms with van der Waals surface area (Å²) >= 11 is 0. The molecule has 3 aromatic rings. The SMILES string of the molecule is COc1ccc(-c2nonc2NC(=O)[C@@H](C)Oc2ccc(F)cc2)cc1C. The zero-order valence-corrected chi connectivity index (χ0v) is 15.0. The zero-order chi connectivity index (χ0) is 19.4. The highest BCUT2D eigenvalue weighted by atomic mass is 19.1. The number of hydrogen-bond donors (Lipinski definition) is 1. The predicted octanol–water partition coefficient (Wildman–Crippen LogP) is 3.60. The second kappa shape index (κ2) is 7.86. The fourth-order valence-electron chi connectivity index (χ4n) is 2.47. The fourth-order valence-corrected chi connectivity index (χ4v) is 2.47. The van der Waals surface area contributed by atoms with Crippen molar-refractivity contribution in [2.45, 2.75) is 20.0 Å². The van der Waals surface area contributed by atoms with Gasteiger partial charge in [-0.25, -0.2) is 9.02 Å². The maximum absolute atomic E-state index is 12.9. The molecule has 1 amide bonds. The third-order valence-corrected chi connectivity index (χ3v) is 3.89. The number of nitrogens with one attached hydrogen (secondary N) is 1. The number of rotatable bonds is 6. The van der Waals surface area contributed by atoms with Gasteiger partial charge >= 0.3 is 0 Å². The molecule has 140 valence electrons. The molecule has 0 aliphatic carbocycles. The Morgan fingerprint density at radius 2 is 1.93 bits per heavy atom. The molecule has 0 saturated carbocycles. The average Bonchev–Trinajstić information content (AvgIpc) is 3.11. The minimum absolute atomic E-state index is 0.180. The Balaban J connectivity index is 1.73. The Labute approximate surface area is 155 Å². The van der Waals surface area contributed by atoms with Crippen LogP contribution in [-0.4, -0.2) is 29.4 Å². The summed E-state index contributed by atoms with van der Waals surface area (Å²) in [6, 6.07) is 10.8. The topological polar surface area (TPSA) is 86.5 Å². The first-order valence-corrected chi connectivity index (χ1v) is 8.18. The number of anilines is 1. The third-order valence-electron chi connectivity index (χ3n) is 3.89. The summed E-state index contributed by atoms with van der Waals surface area (Å²) in [7, 11) is 1.59. The minimum atomic E-state index is -0.836. The minimum Gasteiger partial charge on any atom is -0.496 e. The van der Waals surface area contributed by atoms with E-state index in [2.05, 4.69) is 15.6 Å². The van der Waals surface area contributed by atoms with Crippen LogP contribution < -0.4 is 14.8 Å². The number of benzene rings is 2. The molecule has 0 aliphatic heterocycles. The summed E-state index contributed by atoms with van der Waals surface area (Å²) in [4.78, 5) is 12.4. The Morgan fingerprint density at radius 3 is 2.59 bits per heavy atom. The van der Waals surface area contributed by atoms with Crippen LogP contribution in [-0.2, 0) is 4.79 Å². The third kappa shape index (κ3) is 4.22. The highest BCUT2D eigenvalue weighted by molar-refractivity contribution is 5.96. The van der Waals surface area contributed by atoms with Crippen molar-refractivity contribution in [2.75, 3.05) is 12.4 Å². The van der Waals surface area contributed by atoms with Gasteiger partial charge in [-0.05, 0) is 72.2 Å². The van der Waals surface area contributed by atoms with E-state index >= 15 is 0 Å². The summed E-state index contributed by atoms with van der Waals surface area (Å²) in [5.41, 5.74) is 2.02. The van der Waals surface area contributed by atoms with Crippen molar-refractivity contribution < 1.29 is 23.3 Å². The predicted molar refractivity (Wildman–Crippen MR) is 96.1 cm³/mol. The van der Waals surface area contributed by atoms with Crippen LogP contribution in [0.1, 0.15) is 12.5 Å². The molecule has 0 fully saturated rings. The smallest absolute Gasteiger partial charge is 0.266 e. The summed E-state index contributed by atoms with van der Waals surface area (Å²) in [6.45, 7) is 3.47. The lowest BCUT2D eigenvalue weighted by Gasteiger charge is -2.14. The van der Waals surface area contributed by atoms with Gasteiger partial charge in [-0.2, -0.15) is 0 Å². The molecule has 2 aromatic carbocycles. The van der Waals surface area contributed by atoms with Crippen LogP contribution in [0.15, 0.2) is 47.1 Å². The standard InChI is InChI=1S/C19H18FN3O4/c1-11-10-13(4-9-16(11)25-3)17-18(23-27-22-17)21-19(24)12(2)26-15-7-5-14(20)6-8-15/h4-10,12H,1-3H3,(H,21,23,24)/t12-/m1/s1. The van der Waals surface area contributed by atoms with Crippen molar-refractivity contribution in [1.29, 1.82) is 0 Å². The van der Waals surface area contributed by atoms with Crippen molar-refractivity contribution in [3.63, 3.8) is 0 Å². The maximum Gasteiger partial charge on any atom is 0.266 e. The van der Waals surface area contributed by atoms with Crippen LogP contribution in [0.25, 0.3) is 11.3 Å². The van der Waals surface area contributed by atoms with Gasteiger partial charge in [0.1, 0.15) is 17.3 Å². The number of aryl methyl sites for hydroxylation is 1. The molecule has 1 atom stereocenters. The molecule has 0 bridgehead atoms. The quantitative estimate of drug-likeness (QED) is 0.712. The molecule has 8 heteroatoms. The number of methoxy groups -OCH3 is 1. The highest BCUT2D eigenvalue weighted by Gasteiger charge is 2.20. The average molecular weight is 371 g/mol. The first kappa shape index (κ1) is 18.4. The number of nitrogens with zero attached hydrogens (tertiary/aromatic N) is 2. The van der Waals surface area contributed by atoms with Gasteiger partial charge in [0.25, 0.3) is 5.91 Å². The molecule has 1 aromatic heterocycles. The van der Waals surface area contributed by atoms with Gasteiger partial charge in [0.05, 0.1) is 7.11 Å². The van der Waals surface area contributed by atoms with E-state index in [1.165, 1.54) is 24.3 Å². The van der Waals surface area contributed by atoms with Gasteiger partial charge in [-0.3, -0.25) is 4.79 Å². The van der Waals surface area contributed by atoms with E-state index in [4.69, 9.17) is 14.1 Å². The Bertz CT molecular complexity index is 940. The van der Waals surface area contributed by atoms with Gasteiger partial charge in [0, 0.05) is 5.56 Å². The lowest BCUT2D eigenvalue weighted by atomic mass is 10.1. The van der Waals surface area contributed by atoms with Crippen molar-refractivity contribution in [2.24, 2.45) is 0 Å². The Hall–Kier alpha value is -3.42. The summed E-state index contributed by atoms with van der Waals surface area (Å²) in [5, 5.41) is 10.2. The van der Waals surface area contributed by atoms with Crippen LogP contribution >= 0.6 is 0 Å². The van der Waals surface area contributed by atoms with E-state index in [1.54, 1.807) is 26.2 Å². The first-order valence-electron chi connectivity index (χ1n) is 8.18. The number of amides is 1. The van der Waals surface area contributed by atoms with Crippen molar-refractivity contribution in [3.05, 3.63) is 53.8 Å². The molecule has 0 spiro atoms. The van der Waals surface area contributed by atoms with Crippen LogP contribution in [0.2, 0.25) is 0 Å². The Morgan fingerprint density at radius 1 is 1.19 bits per heavy atom. The van der Waals surface area contributed by atoms with Gasteiger partial charge in [-0.1, -0.05) is 0 Å². The number of aromatic nitrogens is 2. The summed E-state index contributed by atoms with van der Waals surface area (Å²) in [6.07, 6.45) is -0.836.